The maximum Gasteiger partial charge on any atom is 0.249 e. The largest absolute Gasteiger partial charge is 0.481 e. The van der Waals surface area contributed by atoms with Crippen LogP contribution in [0.5, 0.6) is 5.88 Å². The molecule has 0 radical (unpaired) electrons. The lowest BCUT2D eigenvalue weighted by molar-refractivity contribution is -0.120. The number of aromatic nitrogens is 2. The van der Waals surface area contributed by atoms with Crippen LogP contribution in [0.1, 0.15) is 18.7 Å². The van der Waals surface area contributed by atoms with Gasteiger partial charge in [-0.15, -0.1) is 0 Å². The second-order valence-corrected chi connectivity index (χ2v) is 5.93. The Bertz CT molecular complexity index is 787. The molecule has 1 aliphatic heterocycles. The summed E-state index contributed by atoms with van der Waals surface area (Å²) in [7, 11) is 3.06. The number of ether oxygens (including phenoxy) is 2. The minimum atomic E-state index is -0.502. The number of nitrogens with zero attached hydrogens (tertiary/aromatic N) is 3. The summed E-state index contributed by atoms with van der Waals surface area (Å²) >= 11 is 0. The molecular weight excluding hydrogens is 339 g/mol. The number of amides is 1. The highest BCUT2D eigenvalue weighted by Gasteiger charge is 2.31. The second-order valence-electron chi connectivity index (χ2n) is 5.93. The minimum absolute atomic E-state index is 0.188. The van der Waals surface area contributed by atoms with E-state index in [1.165, 1.54) is 18.1 Å². The first kappa shape index (κ1) is 18.1. The van der Waals surface area contributed by atoms with Gasteiger partial charge < -0.3 is 19.7 Å². The fourth-order valence-electron chi connectivity index (χ4n) is 2.94. The first-order valence-corrected chi connectivity index (χ1v) is 8.35. The number of methoxy groups -OCH3 is 2. The fraction of sp³-hybridized carbons (Fsp3) is 0.389. The molecule has 1 amide bonds. The third-order valence-electron chi connectivity index (χ3n) is 4.14. The van der Waals surface area contributed by atoms with E-state index in [0.29, 0.717) is 36.2 Å². The van der Waals surface area contributed by atoms with E-state index in [0.717, 1.165) is 6.42 Å². The van der Waals surface area contributed by atoms with Crippen LogP contribution in [0.25, 0.3) is 0 Å². The maximum atomic E-state index is 14.1. The molecule has 1 aromatic carbocycles. The van der Waals surface area contributed by atoms with Crippen molar-refractivity contribution in [1.29, 1.82) is 0 Å². The zero-order valence-corrected chi connectivity index (χ0v) is 14.7. The summed E-state index contributed by atoms with van der Waals surface area (Å²) in [6.07, 6.45) is 1.39. The van der Waals surface area contributed by atoms with Gasteiger partial charge in [-0.05, 0) is 25.0 Å². The topological polar surface area (TPSA) is 76.6 Å². The van der Waals surface area contributed by atoms with Crippen LogP contribution < -0.4 is 15.0 Å². The number of carbonyl (C=O) groups is 1. The van der Waals surface area contributed by atoms with Crippen molar-refractivity contribution in [2.45, 2.75) is 25.5 Å². The smallest absolute Gasteiger partial charge is 0.249 e. The summed E-state index contributed by atoms with van der Waals surface area (Å²) < 4.78 is 24.3. The van der Waals surface area contributed by atoms with Crippen molar-refractivity contribution < 1.29 is 18.7 Å². The van der Waals surface area contributed by atoms with E-state index in [-0.39, 0.29) is 12.5 Å². The number of halogens is 1. The van der Waals surface area contributed by atoms with Gasteiger partial charge in [0, 0.05) is 19.7 Å². The molecule has 1 aromatic heterocycles. The monoisotopic (exact) mass is 360 g/mol. The number of nitrogens with one attached hydrogen (secondary N) is 1. The Hall–Kier alpha value is -2.74. The lowest BCUT2D eigenvalue weighted by Crippen LogP contribution is -2.48. The molecule has 0 bridgehead atoms. The van der Waals surface area contributed by atoms with Gasteiger partial charge in [-0.1, -0.05) is 12.1 Å². The summed E-state index contributed by atoms with van der Waals surface area (Å²) in [5, 5.41) is 3.12. The molecule has 2 aromatic rings. The van der Waals surface area contributed by atoms with E-state index >= 15 is 0 Å². The third-order valence-corrected chi connectivity index (χ3v) is 4.14. The molecule has 1 aliphatic rings. The van der Waals surface area contributed by atoms with Gasteiger partial charge >= 0.3 is 0 Å². The number of rotatable bonds is 6. The molecule has 138 valence electrons. The maximum absolute atomic E-state index is 14.1. The van der Waals surface area contributed by atoms with Crippen LogP contribution >= 0.6 is 0 Å². The molecule has 2 heterocycles. The number of hydrogen-bond donors (Lipinski definition) is 1. The lowest BCUT2D eigenvalue weighted by Gasteiger charge is -2.33. The number of anilines is 2. The summed E-state index contributed by atoms with van der Waals surface area (Å²) in [4.78, 5) is 22.8. The van der Waals surface area contributed by atoms with Crippen LogP contribution in [0.3, 0.4) is 0 Å². The van der Waals surface area contributed by atoms with E-state index in [4.69, 9.17) is 9.47 Å². The molecule has 1 saturated heterocycles. The quantitative estimate of drug-likeness (QED) is 0.852. The first-order valence-electron chi connectivity index (χ1n) is 8.35. The summed E-state index contributed by atoms with van der Waals surface area (Å²) in [5.41, 5.74) is 0.296. The highest BCUT2D eigenvalue weighted by Crippen LogP contribution is 2.25. The summed E-state index contributed by atoms with van der Waals surface area (Å²) in [6.45, 7) is 0.714. The molecule has 0 spiro atoms. The number of carbonyl (C=O) groups excluding carboxylic acids is 1. The Morgan fingerprint density at radius 1 is 1.31 bits per heavy atom. The Balaban J connectivity index is 1.80. The van der Waals surface area contributed by atoms with Gasteiger partial charge in [0.2, 0.25) is 11.8 Å². The van der Waals surface area contributed by atoms with Gasteiger partial charge in [-0.3, -0.25) is 4.79 Å². The zero-order chi connectivity index (χ0) is 18.5. The van der Waals surface area contributed by atoms with Gasteiger partial charge in [0.15, 0.2) is 5.82 Å². The molecule has 3 rings (SSSR count). The van der Waals surface area contributed by atoms with Gasteiger partial charge in [-0.25, -0.2) is 9.37 Å². The molecule has 1 unspecified atom stereocenters. The van der Waals surface area contributed by atoms with Crippen molar-refractivity contribution >= 4 is 17.4 Å². The first-order chi connectivity index (χ1) is 12.6. The Kier molecular flexibility index (Phi) is 5.62. The number of benzene rings is 1. The molecule has 0 saturated carbocycles. The van der Waals surface area contributed by atoms with Crippen molar-refractivity contribution in [3.8, 4) is 5.88 Å². The van der Waals surface area contributed by atoms with Crippen LogP contribution in [-0.4, -0.2) is 42.7 Å². The van der Waals surface area contributed by atoms with E-state index in [2.05, 4.69) is 15.3 Å². The van der Waals surface area contributed by atoms with E-state index in [9.17, 15) is 9.18 Å². The van der Waals surface area contributed by atoms with Crippen molar-refractivity contribution in [3.05, 3.63) is 42.0 Å². The molecule has 1 fully saturated rings. The number of piperidine rings is 1. The normalized spacial score (nSPS) is 17.3. The SMILES string of the molecule is COCc1nc(NC2CCCN(c3ccccc3F)C2=O)cc(OC)n1. The summed E-state index contributed by atoms with van der Waals surface area (Å²) in [5.74, 6) is 0.699. The van der Waals surface area contributed by atoms with Crippen molar-refractivity contribution in [1.82, 2.24) is 9.97 Å². The standard InChI is InChI=1S/C18H21FN4O3/c1-25-11-16-21-15(10-17(22-16)26-2)20-13-7-5-9-23(18(13)24)14-8-4-3-6-12(14)19/h3-4,6,8,10,13H,5,7,9,11H2,1-2H3,(H,20,21,22). The molecule has 26 heavy (non-hydrogen) atoms. The Morgan fingerprint density at radius 2 is 2.12 bits per heavy atom. The average molecular weight is 360 g/mol. The van der Waals surface area contributed by atoms with Gasteiger partial charge in [0.05, 0.1) is 12.8 Å². The van der Waals surface area contributed by atoms with E-state index in [1.807, 2.05) is 0 Å². The fourth-order valence-corrected chi connectivity index (χ4v) is 2.94. The molecule has 1 N–H and O–H groups in total. The highest BCUT2D eigenvalue weighted by atomic mass is 19.1. The summed E-state index contributed by atoms with van der Waals surface area (Å²) in [6, 6.07) is 7.40. The Morgan fingerprint density at radius 3 is 2.85 bits per heavy atom. The van der Waals surface area contributed by atoms with Gasteiger partial charge in [-0.2, -0.15) is 4.98 Å². The van der Waals surface area contributed by atoms with Crippen LogP contribution in [-0.2, 0) is 16.1 Å². The highest BCUT2D eigenvalue weighted by molar-refractivity contribution is 5.99. The van der Waals surface area contributed by atoms with Gasteiger partial charge in [0.25, 0.3) is 0 Å². The minimum Gasteiger partial charge on any atom is -0.481 e. The zero-order valence-electron chi connectivity index (χ0n) is 14.7. The molecule has 8 heteroatoms. The predicted octanol–water partition coefficient (Wildman–Crippen LogP) is 2.38. The van der Waals surface area contributed by atoms with Crippen molar-refractivity contribution in [2.75, 3.05) is 31.0 Å². The predicted molar refractivity (Wildman–Crippen MR) is 94.7 cm³/mol. The lowest BCUT2D eigenvalue weighted by atomic mass is 10.0. The van der Waals surface area contributed by atoms with E-state index < -0.39 is 11.9 Å². The molecule has 7 nitrogen and oxygen atoms in total. The van der Waals surface area contributed by atoms with Crippen LogP contribution in [0.15, 0.2) is 30.3 Å². The van der Waals surface area contributed by atoms with Crippen LogP contribution in [0, 0.1) is 5.82 Å². The van der Waals surface area contributed by atoms with Crippen molar-refractivity contribution in [3.63, 3.8) is 0 Å². The van der Waals surface area contributed by atoms with Crippen molar-refractivity contribution in [2.24, 2.45) is 0 Å². The van der Waals surface area contributed by atoms with Gasteiger partial charge in [0.1, 0.15) is 24.3 Å². The average Bonchev–Trinajstić information content (AvgIpc) is 2.64. The van der Waals surface area contributed by atoms with Crippen LogP contribution in [0.4, 0.5) is 15.9 Å². The Labute approximate surface area is 151 Å². The third kappa shape index (κ3) is 3.91. The number of hydrogen-bond acceptors (Lipinski definition) is 6. The van der Waals surface area contributed by atoms with E-state index in [1.54, 1.807) is 31.4 Å². The second kappa shape index (κ2) is 8.09. The van der Waals surface area contributed by atoms with Crippen LogP contribution in [0.2, 0.25) is 0 Å². The number of para-hydroxylation sites is 1. The molecule has 1 atom stereocenters. The molecular formula is C18H21FN4O3. The molecule has 0 aliphatic carbocycles.